The van der Waals surface area contributed by atoms with E-state index in [-0.39, 0.29) is 0 Å². The van der Waals surface area contributed by atoms with Gasteiger partial charge in [0.1, 0.15) is 5.56 Å². The molecule has 1 aromatic rings. The maximum atomic E-state index is 12.0. The highest BCUT2D eigenvalue weighted by atomic mass is 35.7. The molecule has 0 aliphatic heterocycles. The van der Waals surface area contributed by atoms with Crippen LogP contribution >= 0.6 is 10.7 Å². The molecule has 102 valence electrons. The summed E-state index contributed by atoms with van der Waals surface area (Å²) in [6, 6.07) is 0. The zero-order valence-electron chi connectivity index (χ0n) is 8.48. The highest BCUT2D eigenvalue weighted by Gasteiger charge is 2.31. The summed E-state index contributed by atoms with van der Waals surface area (Å²) in [6.07, 6.45) is -5.25. The van der Waals surface area contributed by atoms with Gasteiger partial charge in [0.05, 0.1) is 19.2 Å². The Hall–Kier alpha value is -1.29. The molecule has 0 aliphatic carbocycles. The average Bonchev–Trinajstić information content (AvgIpc) is 2.56. The van der Waals surface area contributed by atoms with Gasteiger partial charge in [0.25, 0.3) is 9.05 Å². The minimum absolute atomic E-state index is 0.402. The molecular formula is C7H6ClF3N2O4S. The Morgan fingerprint density at radius 3 is 2.44 bits per heavy atom. The minimum Gasteiger partial charge on any atom is -0.478 e. The van der Waals surface area contributed by atoms with Gasteiger partial charge in [-0.05, 0) is 0 Å². The van der Waals surface area contributed by atoms with Crippen LogP contribution in [0.2, 0.25) is 0 Å². The quantitative estimate of drug-likeness (QED) is 0.851. The van der Waals surface area contributed by atoms with Crippen LogP contribution in [0.15, 0.2) is 11.2 Å². The van der Waals surface area contributed by atoms with Crippen LogP contribution in [-0.4, -0.2) is 35.5 Å². The molecule has 0 amide bonds. The van der Waals surface area contributed by atoms with E-state index in [1.807, 2.05) is 0 Å². The molecule has 1 N–H and O–H groups in total. The van der Waals surface area contributed by atoms with E-state index in [4.69, 9.17) is 15.8 Å². The van der Waals surface area contributed by atoms with Crippen molar-refractivity contribution in [2.75, 3.05) is 0 Å². The summed E-state index contributed by atoms with van der Waals surface area (Å²) in [7, 11) is 0.462. The molecule has 11 heteroatoms. The topological polar surface area (TPSA) is 89.3 Å². The molecule has 1 heterocycles. The molecule has 1 aromatic heterocycles. The van der Waals surface area contributed by atoms with Gasteiger partial charge in [-0.2, -0.15) is 18.3 Å². The zero-order valence-corrected chi connectivity index (χ0v) is 10.1. The van der Waals surface area contributed by atoms with Crippen LogP contribution in [0.5, 0.6) is 0 Å². The normalized spacial score (nSPS) is 12.7. The van der Waals surface area contributed by atoms with Crippen molar-refractivity contribution in [2.45, 2.75) is 24.2 Å². The molecular weight excluding hydrogens is 301 g/mol. The molecule has 0 saturated heterocycles. The number of hydrogen-bond acceptors (Lipinski definition) is 4. The van der Waals surface area contributed by atoms with Gasteiger partial charge in [-0.3, -0.25) is 4.68 Å². The maximum absolute atomic E-state index is 12.0. The van der Waals surface area contributed by atoms with E-state index in [1.54, 1.807) is 0 Å². The van der Waals surface area contributed by atoms with E-state index < -0.39 is 44.8 Å². The Labute approximate surface area is 103 Å². The van der Waals surface area contributed by atoms with Gasteiger partial charge in [0.15, 0.2) is 5.03 Å². The number of nitrogens with zero attached hydrogens (tertiary/aromatic N) is 2. The second-order valence-electron chi connectivity index (χ2n) is 3.19. The van der Waals surface area contributed by atoms with Crippen molar-refractivity contribution >= 4 is 25.7 Å². The molecule has 0 spiro atoms. The van der Waals surface area contributed by atoms with E-state index >= 15 is 0 Å². The van der Waals surface area contributed by atoms with E-state index in [9.17, 15) is 26.4 Å². The average molecular weight is 307 g/mol. The molecule has 0 aliphatic rings. The SMILES string of the molecule is O=C(O)c1cnn(CCC(F)(F)F)c1S(=O)(=O)Cl. The predicted molar refractivity (Wildman–Crippen MR) is 52.9 cm³/mol. The lowest BCUT2D eigenvalue weighted by atomic mass is 10.4. The zero-order chi connectivity index (χ0) is 14.1. The van der Waals surface area contributed by atoms with Gasteiger partial charge < -0.3 is 5.11 Å². The minimum atomic E-state index is -4.53. The Morgan fingerprint density at radius 1 is 1.50 bits per heavy atom. The first-order chi connectivity index (χ1) is 8.02. The molecule has 0 saturated carbocycles. The van der Waals surface area contributed by atoms with Gasteiger partial charge in [-0.15, -0.1) is 0 Å². The number of rotatable bonds is 4. The van der Waals surface area contributed by atoms with Crippen molar-refractivity contribution in [2.24, 2.45) is 0 Å². The predicted octanol–water partition coefficient (Wildman–Crippen LogP) is 1.46. The van der Waals surface area contributed by atoms with E-state index in [2.05, 4.69) is 5.10 Å². The first-order valence-electron chi connectivity index (χ1n) is 4.33. The van der Waals surface area contributed by atoms with Crippen LogP contribution in [0, 0.1) is 0 Å². The summed E-state index contributed by atoms with van der Waals surface area (Å²) in [5.74, 6) is -1.65. The Balaban J connectivity index is 3.18. The smallest absolute Gasteiger partial charge is 0.390 e. The third-order valence-electron chi connectivity index (χ3n) is 1.86. The molecule has 1 rings (SSSR count). The number of alkyl halides is 3. The molecule has 0 aromatic carbocycles. The highest BCUT2D eigenvalue weighted by Crippen LogP contribution is 2.24. The van der Waals surface area contributed by atoms with Crippen molar-refractivity contribution < 1.29 is 31.5 Å². The molecule has 0 atom stereocenters. The maximum Gasteiger partial charge on any atom is 0.390 e. The third kappa shape index (κ3) is 3.60. The summed E-state index contributed by atoms with van der Waals surface area (Å²) >= 11 is 0. The lowest BCUT2D eigenvalue weighted by Crippen LogP contribution is -2.16. The van der Waals surface area contributed by atoms with E-state index in [0.717, 1.165) is 0 Å². The van der Waals surface area contributed by atoms with Crippen molar-refractivity contribution in [3.05, 3.63) is 11.8 Å². The van der Waals surface area contributed by atoms with Crippen LogP contribution in [0.25, 0.3) is 0 Å². The fourth-order valence-electron chi connectivity index (χ4n) is 1.17. The Morgan fingerprint density at radius 2 is 2.06 bits per heavy atom. The van der Waals surface area contributed by atoms with Gasteiger partial charge in [0, 0.05) is 10.7 Å². The van der Waals surface area contributed by atoms with Crippen LogP contribution < -0.4 is 0 Å². The highest BCUT2D eigenvalue weighted by molar-refractivity contribution is 8.13. The van der Waals surface area contributed by atoms with E-state index in [1.165, 1.54) is 0 Å². The van der Waals surface area contributed by atoms with Crippen molar-refractivity contribution in [1.82, 2.24) is 9.78 Å². The molecule has 0 unspecified atom stereocenters. The molecule has 0 fully saturated rings. The number of aromatic carboxylic acids is 1. The summed E-state index contributed by atoms with van der Waals surface area (Å²) in [5.41, 5.74) is -0.771. The molecule has 18 heavy (non-hydrogen) atoms. The lowest BCUT2D eigenvalue weighted by Gasteiger charge is -2.08. The summed E-state index contributed by atoms with van der Waals surface area (Å²) in [5, 5.41) is 11.0. The molecule has 0 bridgehead atoms. The number of carboxylic acid groups (broad SMARTS) is 1. The summed E-state index contributed by atoms with van der Waals surface area (Å²) in [6.45, 7) is -0.835. The van der Waals surface area contributed by atoms with Gasteiger partial charge in [-0.1, -0.05) is 0 Å². The first kappa shape index (κ1) is 14.8. The van der Waals surface area contributed by atoms with Crippen molar-refractivity contribution in [3.8, 4) is 0 Å². The monoisotopic (exact) mass is 306 g/mol. The Bertz CT molecular complexity index is 566. The van der Waals surface area contributed by atoms with Crippen LogP contribution in [0.4, 0.5) is 13.2 Å². The number of aromatic nitrogens is 2. The van der Waals surface area contributed by atoms with Gasteiger partial charge in [0.2, 0.25) is 0 Å². The summed E-state index contributed by atoms with van der Waals surface area (Å²) in [4.78, 5) is 10.7. The number of carboxylic acids is 1. The number of carbonyl (C=O) groups is 1. The fraction of sp³-hybridized carbons (Fsp3) is 0.429. The van der Waals surface area contributed by atoms with Crippen molar-refractivity contribution in [3.63, 3.8) is 0 Å². The first-order valence-corrected chi connectivity index (χ1v) is 6.64. The fourth-order valence-corrected chi connectivity index (χ4v) is 2.45. The lowest BCUT2D eigenvalue weighted by molar-refractivity contribution is -0.137. The third-order valence-corrected chi connectivity index (χ3v) is 3.19. The molecule has 6 nitrogen and oxygen atoms in total. The largest absolute Gasteiger partial charge is 0.478 e. The van der Waals surface area contributed by atoms with Crippen LogP contribution in [0.3, 0.4) is 0 Å². The number of aryl methyl sites for hydroxylation is 1. The second kappa shape index (κ2) is 4.76. The second-order valence-corrected chi connectivity index (χ2v) is 5.68. The number of halogens is 4. The van der Waals surface area contributed by atoms with Gasteiger partial charge >= 0.3 is 12.1 Å². The standard InChI is InChI=1S/C7H6ClF3N2O4S/c8-18(16,17)5-4(6(14)15)3-12-13(5)2-1-7(9,10)11/h3H,1-2H2,(H,14,15). The number of hydrogen-bond donors (Lipinski definition) is 1. The summed E-state index contributed by atoms with van der Waals surface area (Å²) < 4.78 is 58.6. The van der Waals surface area contributed by atoms with Crippen LogP contribution in [0.1, 0.15) is 16.8 Å². The van der Waals surface area contributed by atoms with Crippen molar-refractivity contribution in [1.29, 1.82) is 0 Å². The molecule has 0 radical (unpaired) electrons. The Kier molecular flexibility index (Phi) is 3.91. The van der Waals surface area contributed by atoms with Crippen LogP contribution in [-0.2, 0) is 15.6 Å². The van der Waals surface area contributed by atoms with Gasteiger partial charge in [-0.25, -0.2) is 13.2 Å². The van der Waals surface area contributed by atoms with E-state index in [0.29, 0.717) is 10.9 Å².